The van der Waals surface area contributed by atoms with E-state index in [2.05, 4.69) is 4.98 Å². The molecule has 104 valence electrons. The van der Waals surface area contributed by atoms with Gasteiger partial charge in [-0.2, -0.15) is 0 Å². The molecule has 2 rings (SSSR count). The van der Waals surface area contributed by atoms with Crippen LogP contribution in [0.3, 0.4) is 0 Å². The van der Waals surface area contributed by atoms with Crippen molar-refractivity contribution in [2.24, 2.45) is 0 Å². The third-order valence-electron chi connectivity index (χ3n) is 2.78. The van der Waals surface area contributed by atoms with Crippen LogP contribution < -0.4 is 10.5 Å². The highest BCUT2D eigenvalue weighted by molar-refractivity contribution is 5.94. The minimum absolute atomic E-state index is 0.327. The average molecular weight is 272 g/mol. The van der Waals surface area contributed by atoms with Crippen molar-refractivity contribution in [2.45, 2.75) is 6.42 Å². The first-order valence-electron chi connectivity index (χ1n) is 6.22. The summed E-state index contributed by atoms with van der Waals surface area (Å²) in [5, 5.41) is 0. The summed E-state index contributed by atoms with van der Waals surface area (Å²) >= 11 is 0. The zero-order valence-electron chi connectivity index (χ0n) is 11.2. The van der Waals surface area contributed by atoms with Crippen molar-refractivity contribution in [3.05, 3.63) is 53.9 Å². The SMILES string of the molecule is COC(=O)c1cccc(N)c1OCCc1ccccn1. The number of nitrogens with two attached hydrogens (primary N) is 1. The largest absolute Gasteiger partial charge is 0.490 e. The fourth-order valence-electron chi connectivity index (χ4n) is 1.79. The lowest BCUT2D eigenvalue weighted by molar-refractivity contribution is 0.0596. The molecule has 1 aromatic heterocycles. The maximum atomic E-state index is 11.6. The van der Waals surface area contributed by atoms with E-state index in [1.165, 1.54) is 7.11 Å². The van der Waals surface area contributed by atoms with E-state index in [0.29, 0.717) is 30.0 Å². The molecular weight excluding hydrogens is 256 g/mol. The zero-order chi connectivity index (χ0) is 14.4. The summed E-state index contributed by atoms with van der Waals surface area (Å²) in [7, 11) is 1.32. The number of hydrogen-bond donors (Lipinski definition) is 1. The second-order valence-electron chi connectivity index (χ2n) is 4.14. The molecule has 20 heavy (non-hydrogen) atoms. The monoisotopic (exact) mass is 272 g/mol. The van der Waals surface area contributed by atoms with Gasteiger partial charge in [0, 0.05) is 18.3 Å². The highest BCUT2D eigenvalue weighted by Crippen LogP contribution is 2.27. The number of carbonyl (C=O) groups excluding carboxylic acids is 1. The van der Waals surface area contributed by atoms with Gasteiger partial charge in [-0.05, 0) is 24.3 Å². The van der Waals surface area contributed by atoms with E-state index in [-0.39, 0.29) is 0 Å². The van der Waals surface area contributed by atoms with Gasteiger partial charge in [0.15, 0.2) is 5.75 Å². The van der Waals surface area contributed by atoms with Crippen molar-refractivity contribution in [1.82, 2.24) is 4.98 Å². The molecule has 0 aliphatic heterocycles. The second kappa shape index (κ2) is 6.56. The predicted octanol–water partition coefficient (Wildman–Crippen LogP) is 2.07. The van der Waals surface area contributed by atoms with Crippen molar-refractivity contribution in [3.8, 4) is 5.75 Å². The Morgan fingerprint density at radius 3 is 2.80 bits per heavy atom. The molecule has 2 N–H and O–H groups in total. The molecule has 0 unspecified atom stereocenters. The van der Waals surface area contributed by atoms with E-state index < -0.39 is 5.97 Å². The van der Waals surface area contributed by atoms with E-state index in [1.54, 1.807) is 24.4 Å². The maximum absolute atomic E-state index is 11.6. The number of rotatable bonds is 5. The summed E-state index contributed by atoms with van der Waals surface area (Å²) in [6.07, 6.45) is 2.36. The molecule has 0 spiro atoms. The Labute approximate surface area is 117 Å². The molecule has 0 atom stereocenters. The Hall–Kier alpha value is -2.56. The number of anilines is 1. The molecule has 5 heteroatoms. The third-order valence-corrected chi connectivity index (χ3v) is 2.78. The highest BCUT2D eigenvalue weighted by atomic mass is 16.5. The smallest absolute Gasteiger partial charge is 0.341 e. The number of para-hydroxylation sites is 1. The summed E-state index contributed by atoms with van der Waals surface area (Å²) in [5.74, 6) is -0.111. The van der Waals surface area contributed by atoms with Crippen molar-refractivity contribution in [1.29, 1.82) is 0 Å². The lowest BCUT2D eigenvalue weighted by Crippen LogP contribution is -2.10. The number of ether oxygens (including phenoxy) is 2. The molecule has 0 amide bonds. The molecule has 0 bridgehead atoms. The lowest BCUT2D eigenvalue weighted by Gasteiger charge is -2.12. The van der Waals surface area contributed by atoms with Gasteiger partial charge in [0.25, 0.3) is 0 Å². The quantitative estimate of drug-likeness (QED) is 0.666. The van der Waals surface area contributed by atoms with Crippen LogP contribution in [0.2, 0.25) is 0 Å². The van der Waals surface area contributed by atoms with Crippen LogP contribution in [0.25, 0.3) is 0 Å². The number of benzene rings is 1. The van der Waals surface area contributed by atoms with Crippen molar-refractivity contribution < 1.29 is 14.3 Å². The van der Waals surface area contributed by atoms with Crippen molar-refractivity contribution >= 4 is 11.7 Å². The minimum atomic E-state index is -0.467. The Morgan fingerprint density at radius 2 is 2.10 bits per heavy atom. The summed E-state index contributed by atoms with van der Waals surface area (Å²) in [5.41, 5.74) is 7.50. The van der Waals surface area contributed by atoms with Gasteiger partial charge >= 0.3 is 5.97 Å². The molecule has 0 saturated heterocycles. The van der Waals surface area contributed by atoms with Gasteiger partial charge in [-0.15, -0.1) is 0 Å². The summed E-state index contributed by atoms with van der Waals surface area (Å²) in [6.45, 7) is 0.384. The summed E-state index contributed by atoms with van der Waals surface area (Å²) < 4.78 is 10.3. The fraction of sp³-hybridized carbons (Fsp3) is 0.200. The highest BCUT2D eigenvalue weighted by Gasteiger charge is 2.15. The molecule has 2 aromatic rings. The van der Waals surface area contributed by atoms with Gasteiger partial charge in [0.05, 0.1) is 19.4 Å². The zero-order valence-corrected chi connectivity index (χ0v) is 11.2. The number of nitrogen functional groups attached to an aromatic ring is 1. The van der Waals surface area contributed by atoms with Crippen LogP contribution in [0.5, 0.6) is 5.75 Å². The summed E-state index contributed by atoms with van der Waals surface area (Å²) in [4.78, 5) is 15.9. The molecule has 0 fully saturated rings. The molecule has 0 aliphatic carbocycles. The number of pyridine rings is 1. The molecule has 0 radical (unpaired) electrons. The van der Waals surface area contributed by atoms with Gasteiger partial charge in [0.2, 0.25) is 0 Å². The average Bonchev–Trinajstić information content (AvgIpc) is 2.49. The van der Waals surface area contributed by atoms with E-state index in [0.717, 1.165) is 5.69 Å². The topological polar surface area (TPSA) is 74.4 Å². The Balaban J connectivity index is 2.07. The first-order chi connectivity index (χ1) is 9.72. The van der Waals surface area contributed by atoms with Crippen molar-refractivity contribution in [2.75, 3.05) is 19.5 Å². The first kappa shape index (κ1) is 13.9. The molecule has 0 aliphatic rings. The van der Waals surface area contributed by atoms with Crippen LogP contribution in [0.15, 0.2) is 42.6 Å². The Bertz CT molecular complexity index is 585. The molecular formula is C15H16N2O3. The molecule has 1 aromatic carbocycles. The van der Waals surface area contributed by atoms with E-state index in [9.17, 15) is 4.79 Å². The van der Waals surface area contributed by atoms with Gasteiger partial charge < -0.3 is 15.2 Å². The molecule has 0 saturated carbocycles. The van der Waals surface area contributed by atoms with Gasteiger partial charge in [-0.25, -0.2) is 4.79 Å². The minimum Gasteiger partial charge on any atom is -0.490 e. The number of hydrogen-bond acceptors (Lipinski definition) is 5. The van der Waals surface area contributed by atoms with Crippen molar-refractivity contribution in [3.63, 3.8) is 0 Å². The number of methoxy groups -OCH3 is 1. The maximum Gasteiger partial charge on any atom is 0.341 e. The molecule has 5 nitrogen and oxygen atoms in total. The normalized spacial score (nSPS) is 10.1. The van der Waals surface area contributed by atoms with Gasteiger partial charge in [-0.1, -0.05) is 12.1 Å². The number of aromatic nitrogens is 1. The standard InChI is InChI=1S/C15H16N2O3/c1-19-15(18)12-6-4-7-13(16)14(12)20-10-8-11-5-2-3-9-17-11/h2-7,9H,8,10,16H2,1H3. The van der Waals surface area contributed by atoms with E-state index in [1.807, 2.05) is 18.2 Å². The third kappa shape index (κ3) is 3.26. The lowest BCUT2D eigenvalue weighted by atomic mass is 10.1. The Morgan fingerprint density at radius 1 is 1.25 bits per heavy atom. The van der Waals surface area contributed by atoms with Crippen LogP contribution in [0.1, 0.15) is 16.1 Å². The predicted molar refractivity (Wildman–Crippen MR) is 75.6 cm³/mol. The van der Waals surface area contributed by atoms with Crippen LogP contribution >= 0.6 is 0 Å². The van der Waals surface area contributed by atoms with Gasteiger partial charge in [0.1, 0.15) is 5.56 Å². The number of esters is 1. The van der Waals surface area contributed by atoms with Crippen LogP contribution in [0, 0.1) is 0 Å². The van der Waals surface area contributed by atoms with E-state index in [4.69, 9.17) is 15.2 Å². The van der Waals surface area contributed by atoms with Crippen LogP contribution in [0.4, 0.5) is 5.69 Å². The second-order valence-corrected chi connectivity index (χ2v) is 4.14. The van der Waals surface area contributed by atoms with Crippen LogP contribution in [-0.2, 0) is 11.2 Å². The Kier molecular flexibility index (Phi) is 4.55. The molecule has 1 heterocycles. The number of nitrogens with zero attached hydrogens (tertiary/aromatic N) is 1. The number of carbonyl (C=O) groups is 1. The fourth-order valence-corrected chi connectivity index (χ4v) is 1.79. The summed E-state index contributed by atoms with van der Waals surface area (Å²) in [6, 6.07) is 10.7. The van der Waals surface area contributed by atoms with Crippen LogP contribution in [-0.4, -0.2) is 24.7 Å². The van der Waals surface area contributed by atoms with Gasteiger partial charge in [-0.3, -0.25) is 4.98 Å². The first-order valence-corrected chi connectivity index (χ1v) is 6.22. The van der Waals surface area contributed by atoms with E-state index >= 15 is 0 Å².